The van der Waals surface area contributed by atoms with Gasteiger partial charge in [0.15, 0.2) is 0 Å². The number of hydrogen-bond acceptors (Lipinski definition) is 3. The van der Waals surface area contributed by atoms with Crippen molar-refractivity contribution >= 4 is 17.4 Å². The molecule has 2 amide bonds. The molecule has 0 aliphatic carbocycles. The first-order chi connectivity index (χ1) is 9.58. The lowest BCUT2D eigenvalue weighted by Gasteiger charge is -2.33. The SMILES string of the molecule is CC(C)c1nc(CCNC(=O)N2CCCC[C@@H]2C)cs1. The Kier molecular flexibility index (Phi) is 5.40. The molecule has 1 N–H and O–H groups in total. The summed E-state index contributed by atoms with van der Waals surface area (Å²) in [5.74, 6) is 0.484. The minimum absolute atomic E-state index is 0.0801. The zero-order chi connectivity index (χ0) is 14.5. The van der Waals surface area contributed by atoms with Gasteiger partial charge >= 0.3 is 6.03 Å². The van der Waals surface area contributed by atoms with E-state index >= 15 is 0 Å². The molecule has 0 spiro atoms. The van der Waals surface area contributed by atoms with E-state index in [2.05, 4.69) is 36.5 Å². The van der Waals surface area contributed by atoms with E-state index in [4.69, 9.17) is 0 Å². The Bertz CT molecular complexity index is 444. The molecule has 2 heterocycles. The Hall–Kier alpha value is -1.10. The molecule has 20 heavy (non-hydrogen) atoms. The van der Waals surface area contributed by atoms with Gasteiger partial charge in [0, 0.05) is 36.9 Å². The zero-order valence-electron chi connectivity index (χ0n) is 12.7. The molecule has 0 bridgehead atoms. The Morgan fingerprint density at radius 1 is 1.55 bits per heavy atom. The van der Waals surface area contributed by atoms with Crippen LogP contribution in [0.25, 0.3) is 0 Å². The van der Waals surface area contributed by atoms with Gasteiger partial charge < -0.3 is 10.2 Å². The van der Waals surface area contributed by atoms with Gasteiger partial charge in [-0.1, -0.05) is 13.8 Å². The van der Waals surface area contributed by atoms with Crippen LogP contribution in [0.5, 0.6) is 0 Å². The number of carbonyl (C=O) groups is 1. The number of urea groups is 1. The number of hydrogen-bond donors (Lipinski definition) is 1. The van der Waals surface area contributed by atoms with Gasteiger partial charge in [-0.2, -0.15) is 0 Å². The zero-order valence-corrected chi connectivity index (χ0v) is 13.5. The van der Waals surface area contributed by atoms with E-state index < -0.39 is 0 Å². The maximum absolute atomic E-state index is 12.1. The summed E-state index contributed by atoms with van der Waals surface area (Å²) >= 11 is 1.71. The maximum Gasteiger partial charge on any atom is 0.317 e. The highest BCUT2D eigenvalue weighted by Gasteiger charge is 2.22. The molecule has 0 aromatic carbocycles. The van der Waals surface area contributed by atoms with Crippen LogP contribution in [0.3, 0.4) is 0 Å². The van der Waals surface area contributed by atoms with Gasteiger partial charge in [-0.25, -0.2) is 9.78 Å². The summed E-state index contributed by atoms with van der Waals surface area (Å²) in [5, 5.41) is 6.30. The highest BCUT2D eigenvalue weighted by molar-refractivity contribution is 7.09. The van der Waals surface area contributed by atoms with Crippen molar-refractivity contribution in [1.29, 1.82) is 0 Å². The Balaban J connectivity index is 1.75. The summed E-state index contributed by atoms with van der Waals surface area (Å²) in [6.45, 7) is 8.00. The molecular weight excluding hydrogens is 270 g/mol. The van der Waals surface area contributed by atoms with E-state index in [9.17, 15) is 4.79 Å². The van der Waals surface area contributed by atoms with Crippen molar-refractivity contribution in [3.05, 3.63) is 16.1 Å². The van der Waals surface area contributed by atoms with Crippen molar-refractivity contribution in [1.82, 2.24) is 15.2 Å². The van der Waals surface area contributed by atoms with Gasteiger partial charge in [0.05, 0.1) is 10.7 Å². The monoisotopic (exact) mass is 295 g/mol. The van der Waals surface area contributed by atoms with Gasteiger partial charge in [-0.05, 0) is 26.2 Å². The number of piperidine rings is 1. The number of thiazole rings is 1. The summed E-state index contributed by atoms with van der Waals surface area (Å²) in [5.41, 5.74) is 1.09. The number of amides is 2. The summed E-state index contributed by atoms with van der Waals surface area (Å²) < 4.78 is 0. The molecule has 0 radical (unpaired) electrons. The van der Waals surface area contributed by atoms with Crippen LogP contribution in [0.15, 0.2) is 5.38 Å². The Labute approximate surface area is 125 Å². The third-order valence-electron chi connectivity index (χ3n) is 3.78. The van der Waals surface area contributed by atoms with Crippen molar-refractivity contribution in [2.24, 2.45) is 0 Å². The molecule has 1 aliphatic rings. The maximum atomic E-state index is 12.1. The summed E-state index contributed by atoms with van der Waals surface area (Å²) in [4.78, 5) is 18.7. The van der Waals surface area contributed by atoms with Gasteiger partial charge in [0.25, 0.3) is 0 Å². The molecule has 1 atom stereocenters. The van der Waals surface area contributed by atoms with Gasteiger partial charge in [-0.15, -0.1) is 11.3 Å². The second kappa shape index (κ2) is 7.07. The molecule has 1 aliphatic heterocycles. The van der Waals surface area contributed by atoms with Crippen LogP contribution in [-0.4, -0.2) is 35.0 Å². The molecule has 2 rings (SSSR count). The average molecular weight is 295 g/mol. The number of rotatable bonds is 4. The summed E-state index contributed by atoms with van der Waals surface area (Å²) in [6.07, 6.45) is 4.30. The number of carbonyl (C=O) groups excluding carboxylic acids is 1. The first-order valence-corrected chi connectivity index (χ1v) is 8.44. The van der Waals surface area contributed by atoms with Gasteiger partial charge in [-0.3, -0.25) is 0 Å². The fraction of sp³-hybridized carbons (Fsp3) is 0.733. The molecule has 0 unspecified atom stereocenters. The molecular formula is C15H25N3OS. The smallest absolute Gasteiger partial charge is 0.317 e. The van der Waals surface area contributed by atoms with Crippen LogP contribution >= 0.6 is 11.3 Å². The van der Waals surface area contributed by atoms with E-state index in [1.807, 2.05) is 4.90 Å². The standard InChI is InChI=1S/C15H25N3OS/c1-11(2)14-17-13(10-20-14)7-8-16-15(19)18-9-5-4-6-12(18)3/h10-12H,4-9H2,1-3H3,(H,16,19)/t12-/m0/s1. The molecule has 5 heteroatoms. The largest absolute Gasteiger partial charge is 0.338 e. The van der Waals surface area contributed by atoms with Crippen molar-refractivity contribution in [2.75, 3.05) is 13.1 Å². The van der Waals surface area contributed by atoms with Crippen molar-refractivity contribution in [2.45, 2.75) is 58.4 Å². The number of nitrogens with zero attached hydrogens (tertiary/aromatic N) is 2. The minimum atomic E-state index is 0.0801. The molecule has 1 aromatic heterocycles. The van der Waals surface area contributed by atoms with Crippen LogP contribution in [0.4, 0.5) is 4.79 Å². The van der Waals surface area contributed by atoms with Crippen molar-refractivity contribution in [3.8, 4) is 0 Å². The fourth-order valence-corrected chi connectivity index (χ4v) is 3.37. The van der Waals surface area contributed by atoms with E-state index in [-0.39, 0.29) is 6.03 Å². The van der Waals surface area contributed by atoms with Crippen LogP contribution in [0.1, 0.15) is 56.7 Å². The normalized spacial score (nSPS) is 19.4. The van der Waals surface area contributed by atoms with E-state index in [1.165, 1.54) is 11.4 Å². The fourth-order valence-electron chi connectivity index (χ4n) is 2.50. The first kappa shape index (κ1) is 15.3. The van der Waals surface area contributed by atoms with E-state index in [0.717, 1.165) is 31.5 Å². The highest BCUT2D eigenvalue weighted by atomic mass is 32.1. The van der Waals surface area contributed by atoms with Crippen molar-refractivity contribution < 1.29 is 4.79 Å². The Morgan fingerprint density at radius 2 is 2.35 bits per heavy atom. The van der Waals surface area contributed by atoms with E-state index in [0.29, 0.717) is 18.5 Å². The van der Waals surface area contributed by atoms with Gasteiger partial charge in [0.1, 0.15) is 0 Å². The second-order valence-electron chi connectivity index (χ2n) is 5.85. The highest BCUT2D eigenvalue weighted by Crippen LogP contribution is 2.19. The summed E-state index contributed by atoms with van der Waals surface area (Å²) in [6, 6.07) is 0.451. The van der Waals surface area contributed by atoms with Crippen molar-refractivity contribution in [3.63, 3.8) is 0 Å². The quantitative estimate of drug-likeness (QED) is 0.925. The summed E-state index contributed by atoms with van der Waals surface area (Å²) in [7, 11) is 0. The van der Waals surface area contributed by atoms with Gasteiger partial charge in [0.2, 0.25) is 0 Å². The predicted octanol–water partition coefficient (Wildman–Crippen LogP) is 3.39. The molecule has 1 aromatic rings. The predicted molar refractivity (Wildman–Crippen MR) is 83.3 cm³/mol. The average Bonchev–Trinajstić information content (AvgIpc) is 2.88. The van der Waals surface area contributed by atoms with E-state index in [1.54, 1.807) is 11.3 Å². The lowest BCUT2D eigenvalue weighted by atomic mass is 10.0. The topological polar surface area (TPSA) is 45.2 Å². The number of nitrogens with one attached hydrogen (secondary N) is 1. The van der Waals surface area contributed by atoms with Crippen LogP contribution in [0, 0.1) is 0 Å². The molecule has 1 saturated heterocycles. The Morgan fingerprint density at radius 3 is 3.00 bits per heavy atom. The molecule has 4 nitrogen and oxygen atoms in total. The molecule has 1 fully saturated rings. The number of aromatic nitrogens is 1. The molecule has 112 valence electrons. The van der Waals surface area contributed by atoms with Crippen LogP contribution in [0.2, 0.25) is 0 Å². The first-order valence-electron chi connectivity index (χ1n) is 7.56. The third-order valence-corrected chi connectivity index (χ3v) is 4.98. The molecule has 0 saturated carbocycles. The number of likely N-dealkylation sites (tertiary alicyclic amines) is 1. The van der Waals surface area contributed by atoms with Crippen LogP contribution in [-0.2, 0) is 6.42 Å². The second-order valence-corrected chi connectivity index (χ2v) is 6.74. The van der Waals surface area contributed by atoms with Crippen LogP contribution < -0.4 is 5.32 Å². The lowest BCUT2D eigenvalue weighted by Crippen LogP contribution is -2.47. The third kappa shape index (κ3) is 3.95. The minimum Gasteiger partial charge on any atom is -0.338 e. The lowest BCUT2D eigenvalue weighted by molar-refractivity contribution is 0.158.